The van der Waals surface area contributed by atoms with Crippen molar-refractivity contribution in [1.82, 2.24) is 0 Å². The first-order chi connectivity index (χ1) is 25.8. The largest absolute Gasteiger partial charge is 0.376 e. The first-order valence-electron chi connectivity index (χ1n) is 17.8. The molecule has 242 valence electrons. The molecule has 3 heterocycles. The lowest BCUT2D eigenvalue weighted by atomic mass is 9.45. The van der Waals surface area contributed by atoms with Crippen LogP contribution in [0.3, 0.4) is 0 Å². The number of hydrogen-bond donors (Lipinski definition) is 0. The fourth-order valence-corrected chi connectivity index (χ4v) is 10.9. The van der Waals surface area contributed by atoms with E-state index in [1.54, 1.807) is 0 Å². The number of rotatable bonds is 4. The molecule has 52 heavy (non-hydrogen) atoms. The highest BCUT2D eigenvalue weighted by molar-refractivity contribution is 7.26. The van der Waals surface area contributed by atoms with Crippen LogP contribution in [0.2, 0.25) is 0 Å². The Morgan fingerprint density at radius 3 is 1.48 bits per heavy atom. The molecule has 0 saturated carbocycles. The van der Waals surface area contributed by atoms with E-state index in [0.29, 0.717) is 0 Å². The lowest BCUT2D eigenvalue weighted by Crippen LogP contribution is -2.57. The van der Waals surface area contributed by atoms with Gasteiger partial charge in [0, 0.05) is 57.3 Å². The smallest absolute Gasteiger partial charge is 0.328 e. The van der Waals surface area contributed by atoms with Gasteiger partial charge >= 0.3 is 6.85 Å². The summed E-state index contributed by atoms with van der Waals surface area (Å²) in [6.45, 7) is 0.0112. The average Bonchev–Trinajstić information content (AvgIpc) is 3.79. The van der Waals surface area contributed by atoms with E-state index in [1.165, 1.54) is 96.0 Å². The van der Waals surface area contributed by atoms with Gasteiger partial charge in [-0.1, -0.05) is 157 Å². The van der Waals surface area contributed by atoms with Crippen molar-refractivity contribution in [2.45, 2.75) is 0 Å². The highest BCUT2D eigenvalue weighted by atomic mass is 32.1. The van der Waals surface area contributed by atoms with Gasteiger partial charge in [0.1, 0.15) is 0 Å². The molecule has 10 aromatic rings. The summed E-state index contributed by atoms with van der Waals surface area (Å²) in [6, 6.07) is 67.4. The molecule has 0 atom stereocenters. The van der Waals surface area contributed by atoms with Crippen LogP contribution in [0.25, 0.3) is 73.7 Å². The van der Waals surface area contributed by atoms with Crippen LogP contribution < -0.4 is 15.7 Å². The first kappa shape index (κ1) is 29.8. The van der Waals surface area contributed by atoms with Gasteiger partial charge in [0.15, 0.2) is 0 Å². The van der Waals surface area contributed by atoms with Gasteiger partial charge in [-0.15, -0.1) is 22.7 Å². The Hall–Kier alpha value is -5.94. The maximum Gasteiger partial charge on any atom is 0.328 e. The molecule has 0 radical (unpaired) electrons. The Morgan fingerprint density at radius 2 is 0.846 bits per heavy atom. The predicted molar refractivity (Wildman–Crippen MR) is 229 cm³/mol. The molecule has 0 spiro atoms. The zero-order chi connectivity index (χ0) is 34.2. The predicted octanol–water partition coefficient (Wildman–Crippen LogP) is 12.7. The summed E-state index contributed by atoms with van der Waals surface area (Å²) in [4.78, 5) is 2.54. The van der Waals surface area contributed by atoms with Gasteiger partial charge in [0.25, 0.3) is 0 Å². The summed E-state index contributed by atoms with van der Waals surface area (Å²) in [7, 11) is 0. The molecule has 4 heteroatoms. The van der Waals surface area contributed by atoms with Crippen molar-refractivity contribution in [1.29, 1.82) is 0 Å². The minimum absolute atomic E-state index is 0.0112. The maximum atomic E-state index is 2.54. The van der Waals surface area contributed by atoms with Crippen molar-refractivity contribution in [3.63, 3.8) is 0 Å². The number of fused-ring (bicyclic) bond motifs is 9. The van der Waals surface area contributed by atoms with E-state index in [1.807, 2.05) is 22.7 Å². The molecule has 1 nitrogen and oxygen atoms in total. The van der Waals surface area contributed by atoms with Gasteiger partial charge in [-0.3, -0.25) is 0 Å². The van der Waals surface area contributed by atoms with Crippen LogP contribution in [0, 0.1) is 0 Å². The first-order valence-corrected chi connectivity index (χ1v) is 19.4. The van der Waals surface area contributed by atoms with Crippen LogP contribution in [0.1, 0.15) is 0 Å². The number of benzene rings is 8. The quantitative estimate of drug-likeness (QED) is 0.166. The molecular formula is C48H30BNS2. The van der Waals surface area contributed by atoms with Crippen molar-refractivity contribution in [2.24, 2.45) is 0 Å². The molecule has 2 aromatic heterocycles. The summed E-state index contributed by atoms with van der Waals surface area (Å²) in [5.41, 5.74) is 12.6. The lowest BCUT2D eigenvalue weighted by molar-refractivity contribution is 1.36. The van der Waals surface area contributed by atoms with Crippen LogP contribution in [0.4, 0.5) is 11.4 Å². The minimum atomic E-state index is 0.0112. The Morgan fingerprint density at radius 1 is 0.365 bits per heavy atom. The molecule has 0 saturated heterocycles. The number of hydrogen-bond acceptors (Lipinski definition) is 3. The van der Waals surface area contributed by atoms with E-state index in [4.69, 9.17) is 0 Å². The highest BCUT2D eigenvalue weighted by Gasteiger charge is 2.36. The fraction of sp³-hybridized carbons (Fsp3) is 0. The van der Waals surface area contributed by atoms with Crippen molar-refractivity contribution < 1.29 is 0 Å². The second-order valence-corrected chi connectivity index (χ2v) is 15.7. The molecule has 11 rings (SSSR count). The van der Waals surface area contributed by atoms with Crippen LogP contribution in [0.15, 0.2) is 182 Å². The van der Waals surface area contributed by atoms with Gasteiger partial charge in [-0.2, -0.15) is 0 Å². The third kappa shape index (κ3) is 4.55. The summed E-state index contributed by atoms with van der Waals surface area (Å²) < 4.78 is 5.36. The molecule has 1 aliphatic heterocycles. The van der Waals surface area contributed by atoms with Crippen molar-refractivity contribution in [2.75, 3.05) is 4.81 Å². The zero-order valence-corrected chi connectivity index (χ0v) is 29.8. The third-order valence-corrected chi connectivity index (χ3v) is 13.2. The normalized spacial score (nSPS) is 12.5. The maximum absolute atomic E-state index is 2.54. The van der Waals surface area contributed by atoms with E-state index in [-0.39, 0.29) is 6.85 Å². The average molecular weight is 696 g/mol. The van der Waals surface area contributed by atoms with Crippen LogP contribution >= 0.6 is 22.7 Å². The van der Waals surface area contributed by atoms with E-state index in [2.05, 4.69) is 187 Å². The Labute approximate surface area is 310 Å². The van der Waals surface area contributed by atoms with E-state index in [9.17, 15) is 0 Å². The standard InChI is InChI=1S/C48H30BNS2/c1-5-19-43-37(11-1)38-12-2-6-20-44(38)50(34-29-25-32(26-30-34)36-16-10-18-42-40-14-4-8-22-46(40)52-48(36)42)49(43)33-27-23-31(24-28-33)35-15-9-17-41-39-13-3-7-21-45(39)51-47(35)41/h1-30H. The lowest BCUT2D eigenvalue weighted by Gasteiger charge is -2.39. The van der Waals surface area contributed by atoms with E-state index < -0.39 is 0 Å². The second kappa shape index (κ2) is 11.8. The van der Waals surface area contributed by atoms with E-state index in [0.717, 1.165) is 0 Å². The molecule has 0 bridgehead atoms. The molecule has 8 aromatic carbocycles. The molecule has 0 unspecified atom stereocenters. The molecule has 0 N–H and O–H groups in total. The number of anilines is 2. The Bertz CT molecular complexity index is 2770. The van der Waals surface area contributed by atoms with Crippen LogP contribution in [0.5, 0.6) is 0 Å². The Kier molecular flexibility index (Phi) is 6.76. The van der Waals surface area contributed by atoms with Gasteiger partial charge in [0.2, 0.25) is 0 Å². The topological polar surface area (TPSA) is 3.24 Å². The highest BCUT2D eigenvalue weighted by Crippen LogP contribution is 2.43. The van der Waals surface area contributed by atoms with Gasteiger partial charge in [-0.05, 0) is 63.6 Å². The zero-order valence-electron chi connectivity index (χ0n) is 28.2. The monoisotopic (exact) mass is 695 g/mol. The van der Waals surface area contributed by atoms with Gasteiger partial charge in [0.05, 0.1) is 0 Å². The molecular weight excluding hydrogens is 665 g/mol. The SMILES string of the molecule is c1ccc2c(c1)B(c1ccc(-c3cccc4c3sc3ccccc34)cc1)N(c1ccc(-c3cccc4c3sc3ccccc34)cc1)c1ccccc1-2. The van der Waals surface area contributed by atoms with Crippen molar-refractivity contribution in [3.8, 4) is 33.4 Å². The van der Waals surface area contributed by atoms with Gasteiger partial charge < -0.3 is 4.81 Å². The van der Waals surface area contributed by atoms with Crippen LogP contribution in [-0.2, 0) is 0 Å². The summed E-state index contributed by atoms with van der Waals surface area (Å²) in [5.74, 6) is 0. The number of nitrogens with zero attached hydrogens (tertiary/aromatic N) is 1. The summed E-state index contributed by atoms with van der Waals surface area (Å²) >= 11 is 3.78. The Balaban J connectivity index is 1.04. The number of para-hydroxylation sites is 1. The molecule has 1 aliphatic rings. The molecule has 0 fully saturated rings. The number of thiophene rings is 2. The second-order valence-electron chi connectivity index (χ2n) is 13.6. The summed E-state index contributed by atoms with van der Waals surface area (Å²) in [6.07, 6.45) is 0. The van der Waals surface area contributed by atoms with Crippen molar-refractivity contribution in [3.05, 3.63) is 182 Å². The van der Waals surface area contributed by atoms with Gasteiger partial charge in [-0.25, -0.2) is 0 Å². The molecule has 0 amide bonds. The van der Waals surface area contributed by atoms with Crippen LogP contribution in [-0.4, -0.2) is 6.85 Å². The fourth-order valence-electron chi connectivity index (χ4n) is 8.38. The van der Waals surface area contributed by atoms with E-state index >= 15 is 0 Å². The third-order valence-electron chi connectivity index (χ3n) is 10.8. The van der Waals surface area contributed by atoms with Crippen molar-refractivity contribution >= 4 is 92.2 Å². The minimum Gasteiger partial charge on any atom is -0.376 e. The molecule has 0 aliphatic carbocycles. The summed E-state index contributed by atoms with van der Waals surface area (Å²) in [5, 5.41) is 5.33.